The first kappa shape index (κ1) is 11.9. The van der Waals surface area contributed by atoms with Crippen LogP contribution in [0.3, 0.4) is 0 Å². The van der Waals surface area contributed by atoms with E-state index in [0.717, 1.165) is 16.9 Å². The molecule has 3 aromatic rings. The minimum atomic E-state index is 0.128. The summed E-state index contributed by atoms with van der Waals surface area (Å²) < 4.78 is 2.02. The summed E-state index contributed by atoms with van der Waals surface area (Å²) in [5.74, 6) is 0.904. The number of imidazole rings is 1. The van der Waals surface area contributed by atoms with Crippen molar-refractivity contribution in [2.75, 3.05) is 0 Å². The van der Waals surface area contributed by atoms with Crippen molar-refractivity contribution < 1.29 is 0 Å². The van der Waals surface area contributed by atoms with Gasteiger partial charge in [0.05, 0.1) is 11.0 Å². The third-order valence-corrected chi connectivity index (χ3v) is 3.31. The lowest BCUT2D eigenvalue weighted by molar-refractivity contribution is 0.587. The Labute approximate surface area is 112 Å². The van der Waals surface area contributed by atoms with E-state index in [-0.39, 0.29) is 5.41 Å². The Morgan fingerprint density at radius 3 is 2.42 bits per heavy atom. The summed E-state index contributed by atoms with van der Waals surface area (Å²) in [6.45, 7) is 6.57. The Kier molecular flexibility index (Phi) is 2.63. The molecule has 19 heavy (non-hydrogen) atoms. The molecule has 0 atom stereocenters. The van der Waals surface area contributed by atoms with Crippen LogP contribution >= 0.6 is 0 Å². The van der Waals surface area contributed by atoms with Crippen molar-refractivity contribution in [2.45, 2.75) is 26.2 Å². The molecule has 0 aliphatic rings. The second kappa shape index (κ2) is 4.19. The van der Waals surface area contributed by atoms with E-state index >= 15 is 0 Å². The third kappa shape index (κ3) is 2.12. The maximum absolute atomic E-state index is 4.56. The van der Waals surface area contributed by atoms with Gasteiger partial charge in [-0.05, 0) is 29.2 Å². The molecule has 0 saturated carbocycles. The summed E-state index contributed by atoms with van der Waals surface area (Å²) in [4.78, 5) is 8.95. The van der Waals surface area contributed by atoms with Gasteiger partial charge in [0.1, 0.15) is 12.1 Å². The zero-order chi connectivity index (χ0) is 13.5. The maximum Gasteiger partial charge on any atom is 0.138 e. The van der Waals surface area contributed by atoms with Gasteiger partial charge in [-0.15, -0.1) is 0 Å². The molecule has 0 aliphatic carbocycles. The average molecular weight is 251 g/mol. The fraction of sp³-hybridized carbons (Fsp3) is 0.250. The van der Waals surface area contributed by atoms with E-state index in [4.69, 9.17) is 0 Å². The van der Waals surface area contributed by atoms with Crippen molar-refractivity contribution in [3.8, 4) is 5.82 Å². The van der Waals surface area contributed by atoms with Crippen LogP contribution in [-0.2, 0) is 5.41 Å². The van der Waals surface area contributed by atoms with Crippen LogP contribution < -0.4 is 0 Å². The monoisotopic (exact) mass is 251 g/mol. The van der Waals surface area contributed by atoms with Crippen LogP contribution in [0.5, 0.6) is 0 Å². The van der Waals surface area contributed by atoms with Gasteiger partial charge in [0.25, 0.3) is 0 Å². The van der Waals surface area contributed by atoms with Gasteiger partial charge in [-0.3, -0.25) is 4.57 Å². The SMILES string of the molecule is CC(C)(C)c1ccc(-n2cnc3ccccc32)nc1. The van der Waals surface area contributed by atoms with Gasteiger partial charge in [-0.25, -0.2) is 9.97 Å². The lowest BCUT2D eigenvalue weighted by Crippen LogP contribution is -2.11. The molecule has 96 valence electrons. The molecule has 0 amide bonds. The normalized spacial score (nSPS) is 11.9. The Morgan fingerprint density at radius 1 is 0.947 bits per heavy atom. The Hall–Kier alpha value is -2.16. The average Bonchev–Trinajstić information content (AvgIpc) is 2.82. The number of fused-ring (bicyclic) bond motifs is 1. The van der Waals surface area contributed by atoms with E-state index in [1.165, 1.54) is 5.56 Å². The second-order valence-electron chi connectivity index (χ2n) is 5.76. The standard InChI is InChI=1S/C16H17N3/c1-16(2,3)12-8-9-15(17-10-12)19-11-18-13-6-4-5-7-14(13)19/h4-11H,1-3H3. The first-order valence-corrected chi connectivity index (χ1v) is 6.45. The molecule has 0 bridgehead atoms. The summed E-state index contributed by atoms with van der Waals surface area (Å²) in [5, 5.41) is 0. The van der Waals surface area contributed by atoms with Crippen molar-refractivity contribution in [3.63, 3.8) is 0 Å². The second-order valence-corrected chi connectivity index (χ2v) is 5.76. The summed E-state index contributed by atoms with van der Waals surface area (Å²) in [6, 6.07) is 12.3. The molecule has 2 aromatic heterocycles. The molecular formula is C16H17N3. The molecule has 2 heterocycles. The number of aromatic nitrogens is 3. The zero-order valence-corrected chi connectivity index (χ0v) is 11.5. The van der Waals surface area contributed by atoms with E-state index in [1.54, 1.807) is 0 Å². The minimum absolute atomic E-state index is 0.128. The summed E-state index contributed by atoms with van der Waals surface area (Å²) in [6.07, 6.45) is 3.77. The van der Waals surface area contributed by atoms with Crippen molar-refractivity contribution in [3.05, 3.63) is 54.5 Å². The van der Waals surface area contributed by atoms with Crippen molar-refractivity contribution in [2.24, 2.45) is 0 Å². The highest BCUT2D eigenvalue weighted by Crippen LogP contribution is 2.23. The fourth-order valence-corrected chi connectivity index (χ4v) is 2.11. The Morgan fingerprint density at radius 2 is 1.74 bits per heavy atom. The van der Waals surface area contributed by atoms with Crippen LogP contribution in [0.1, 0.15) is 26.3 Å². The number of pyridine rings is 1. The van der Waals surface area contributed by atoms with Gasteiger partial charge in [-0.1, -0.05) is 39.0 Å². The predicted molar refractivity (Wildman–Crippen MR) is 77.6 cm³/mol. The number of para-hydroxylation sites is 2. The summed E-state index contributed by atoms with van der Waals surface area (Å²) in [7, 11) is 0. The molecule has 0 aliphatic heterocycles. The highest BCUT2D eigenvalue weighted by Gasteiger charge is 2.14. The van der Waals surface area contributed by atoms with Crippen molar-refractivity contribution in [1.29, 1.82) is 0 Å². The third-order valence-electron chi connectivity index (χ3n) is 3.31. The maximum atomic E-state index is 4.56. The van der Waals surface area contributed by atoms with Gasteiger partial charge in [0.15, 0.2) is 0 Å². The van der Waals surface area contributed by atoms with Crippen LogP contribution in [0.25, 0.3) is 16.9 Å². The molecule has 1 aromatic carbocycles. The van der Waals surface area contributed by atoms with Gasteiger partial charge >= 0.3 is 0 Å². The highest BCUT2D eigenvalue weighted by molar-refractivity contribution is 5.76. The van der Waals surface area contributed by atoms with E-state index in [9.17, 15) is 0 Å². The van der Waals surface area contributed by atoms with Crippen molar-refractivity contribution in [1.82, 2.24) is 14.5 Å². The number of benzene rings is 1. The predicted octanol–water partition coefficient (Wildman–Crippen LogP) is 3.72. The van der Waals surface area contributed by atoms with Crippen LogP contribution in [0.4, 0.5) is 0 Å². The zero-order valence-electron chi connectivity index (χ0n) is 11.5. The van der Waals surface area contributed by atoms with E-state index in [2.05, 4.69) is 48.9 Å². The first-order valence-electron chi connectivity index (χ1n) is 6.45. The smallest absolute Gasteiger partial charge is 0.138 e. The van der Waals surface area contributed by atoms with Crippen molar-refractivity contribution >= 4 is 11.0 Å². The number of nitrogens with zero attached hydrogens (tertiary/aromatic N) is 3. The minimum Gasteiger partial charge on any atom is -0.283 e. The van der Waals surface area contributed by atoms with Crippen LogP contribution in [-0.4, -0.2) is 14.5 Å². The molecule has 0 fully saturated rings. The number of hydrogen-bond acceptors (Lipinski definition) is 2. The Bertz CT molecular complexity index is 703. The van der Waals surface area contributed by atoms with E-state index in [0.29, 0.717) is 0 Å². The summed E-state index contributed by atoms with van der Waals surface area (Å²) >= 11 is 0. The molecular weight excluding hydrogens is 234 g/mol. The molecule has 0 saturated heterocycles. The molecule has 0 radical (unpaired) electrons. The quantitative estimate of drug-likeness (QED) is 0.660. The lowest BCUT2D eigenvalue weighted by atomic mass is 9.88. The van der Waals surface area contributed by atoms with Gasteiger partial charge in [0, 0.05) is 6.20 Å². The largest absolute Gasteiger partial charge is 0.283 e. The van der Waals surface area contributed by atoms with Crippen LogP contribution in [0.15, 0.2) is 48.9 Å². The number of rotatable bonds is 1. The molecule has 3 rings (SSSR count). The lowest BCUT2D eigenvalue weighted by Gasteiger charge is -2.18. The van der Waals surface area contributed by atoms with E-state index in [1.807, 2.05) is 35.3 Å². The molecule has 0 spiro atoms. The van der Waals surface area contributed by atoms with Crippen LogP contribution in [0.2, 0.25) is 0 Å². The van der Waals surface area contributed by atoms with Gasteiger partial charge in [0.2, 0.25) is 0 Å². The molecule has 0 unspecified atom stereocenters. The first-order chi connectivity index (χ1) is 9.05. The van der Waals surface area contributed by atoms with Gasteiger partial charge in [-0.2, -0.15) is 0 Å². The fourth-order valence-electron chi connectivity index (χ4n) is 2.11. The van der Waals surface area contributed by atoms with E-state index < -0.39 is 0 Å². The molecule has 0 N–H and O–H groups in total. The highest BCUT2D eigenvalue weighted by atomic mass is 15.1. The molecule has 3 heteroatoms. The summed E-state index contributed by atoms with van der Waals surface area (Å²) in [5.41, 5.74) is 3.44. The van der Waals surface area contributed by atoms with Crippen LogP contribution in [0, 0.1) is 0 Å². The molecule has 3 nitrogen and oxygen atoms in total. The number of hydrogen-bond donors (Lipinski definition) is 0. The topological polar surface area (TPSA) is 30.7 Å². The Balaban J connectivity index is 2.07. The van der Waals surface area contributed by atoms with Gasteiger partial charge < -0.3 is 0 Å².